The van der Waals surface area contributed by atoms with Gasteiger partial charge in [-0.05, 0) is 12.5 Å². The highest BCUT2D eigenvalue weighted by Crippen LogP contribution is 2.21. The van der Waals surface area contributed by atoms with Gasteiger partial charge in [-0.3, -0.25) is 4.79 Å². The van der Waals surface area contributed by atoms with Crippen LogP contribution in [0.2, 0.25) is 0 Å². The number of fused-ring (bicyclic) bond motifs is 1. The summed E-state index contributed by atoms with van der Waals surface area (Å²) in [7, 11) is 1.83. The van der Waals surface area contributed by atoms with Gasteiger partial charge in [0.25, 0.3) is 5.91 Å². The van der Waals surface area contributed by atoms with Gasteiger partial charge in [0.05, 0.1) is 12.3 Å². The van der Waals surface area contributed by atoms with Crippen molar-refractivity contribution < 1.29 is 9.53 Å². The zero-order valence-corrected chi connectivity index (χ0v) is 12.2. The molecule has 0 spiro atoms. The number of pyridine rings is 1. The van der Waals surface area contributed by atoms with E-state index in [4.69, 9.17) is 4.74 Å². The first-order valence-electron chi connectivity index (χ1n) is 7.07. The van der Waals surface area contributed by atoms with Crippen molar-refractivity contribution in [1.29, 1.82) is 0 Å². The molecule has 0 fully saturated rings. The van der Waals surface area contributed by atoms with Crippen molar-refractivity contribution in [3.63, 3.8) is 0 Å². The second kappa shape index (κ2) is 5.55. The molecular formula is C15H18N4O2. The summed E-state index contributed by atoms with van der Waals surface area (Å²) in [5.41, 5.74) is 2.09. The van der Waals surface area contributed by atoms with Gasteiger partial charge < -0.3 is 14.2 Å². The van der Waals surface area contributed by atoms with Crippen LogP contribution in [0.15, 0.2) is 24.5 Å². The largest absolute Gasteiger partial charge is 0.478 e. The zero-order chi connectivity index (χ0) is 14.8. The third kappa shape index (κ3) is 2.61. The van der Waals surface area contributed by atoms with Crippen LogP contribution in [0.4, 0.5) is 0 Å². The molecule has 0 atom stereocenters. The summed E-state index contributed by atoms with van der Waals surface area (Å²) in [5, 5.41) is 0. The van der Waals surface area contributed by atoms with Crippen LogP contribution in [0.5, 0.6) is 5.88 Å². The number of carbonyl (C=O) groups excluding carboxylic acids is 1. The third-order valence-corrected chi connectivity index (χ3v) is 3.61. The number of imidazole rings is 1. The first kappa shape index (κ1) is 13.6. The average Bonchev–Trinajstić information content (AvgIpc) is 2.92. The van der Waals surface area contributed by atoms with E-state index in [2.05, 4.69) is 9.97 Å². The van der Waals surface area contributed by atoms with E-state index < -0.39 is 0 Å². The molecule has 6 heteroatoms. The lowest BCUT2D eigenvalue weighted by Gasteiger charge is -2.28. The fourth-order valence-electron chi connectivity index (χ4n) is 2.51. The minimum absolute atomic E-state index is 0.0398. The molecule has 2 aromatic rings. The number of rotatable bonds is 3. The fourth-order valence-corrected chi connectivity index (χ4v) is 2.51. The van der Waals surface area contributed by atoms with Crippen molar-refractivity contribution in [2.75, 3.05) is 13.2 Å². The Bertz CT molecular complexity index is 665. The zero-order valence-electron chi connectivity index (χ0n) is 12.2. The highest BCUT2D eigenvalue weighted by atomic mass is 16.5. The first-order valence-corrected chi connectivity index (χ1v) is 7.07. The van der Waals surface area contributed by atoms with Crippen LogP contribution in [-0.4, -0.2) is 38.5 Å². The van der Waals surface area contributed by atoms with Crippen molar-refractivity contribution in [3.05, 3.63) is 41.6 Å². The smallest absolute Gasteiger partial charge is 0.290 e. The molecule has 1 aliphatic rings. The van der Waals surface area contributed by atoms with E-state index in [1.807, 2.05) is 31.0 Å². The molecule has 2 aromatic heterocycles. The Labute approximate surface area is 123 Å². The van der Waals surface area contributed by atoms with Crippen LogP contribution in [0, 0.1) is 0 Å². The van der Waals surface area contributed by atoms with Crippen LogP contribution in [0.25, 0.3) is 0 Å². The molecule has 110 valence electrons. The molecule has 0 unspecified atom stereocenters. The van der Waals surface area contributed by atoms with Crippen molar-refractivity contribution in [3.8, 4) is 5.88 Å². The molecule has 0 saturated carbocycles. The lowest BCUT2D eigenvalue weighted by molar-refractivity contribution is 0.0717. The maximum absolute atomic E-state index is 12.5. The molecule has 1 amide bonds. The van der Waals surface area contributed by atoms with E-state index in [1.165, 1.54) is 0 Å². The lowest BCUT2D eigenvalue weighted by atomic mass is 10.1. The third-order valence-electron chi connectivity index (χ3n) is 3.61. The Morgan fingerprint density at radius 1 is 1.43 bits per heavy atom. The van der Waals surface area contributed by atoms with Crippen molar-refractivity contribution in [2.24, 2.45) is 7.05 Å². The summed E-state index contributed by atoms with van der Waals surface area (Å²) >= 11 is 0. The Hall–Kier alpha value is -2.37. The number of aryl methyl sites for hydroxylation is 1. The summed E-state index contributed by atoms with van der Waals surface area (Å²) in [6.45, 7) is 3.77. The van der Waals surface area contributed by atoms with Crippen molar-refractivity contribution >= 4 is 5.91 Å². The van der Waals surface area contributed by atoms with Gasteiger partial charge in [-0.25, -0.2) is 9.97 Å². The normalized spacial score (nSPS) is 13.9. The molecule has 0 saturated heterocycles. The van der Waals surface area contributed by atoms with Gasteiger partial charge in [-0.15, -0.1) is 0 Å². The highest BCUT2D eigenvalue weighted by Gasteiger charge is 2.25. The predicted molar refractivity (Wildman–Crippen MR) is 77.1 cm³/mol. The van der Waals surface area contributed by atoms with Crippen LogP contribution in [-0.2, 0) is 20.0 Å². The highest BCUT2D eigenvalue weighted by molar-refractivity contribution is 5.90. The van der Waals surface area contributed by atoms with E-state index in [9.17, 15) is 4.79 Å². The SMILES string of the molecule is CCOc1ccc2c(n1)CCN(C(=O)c1nccn1C)C2. The van der Waals surface area contributed by atoms with Crippen molar-refractivity contribution in [2.45, 2.75) is 19.9 Å². The van der Waals surface area contributed by atoms with Gasteiger partial charge in [-0.1, -0.05) is 6.07 Å². The van der Waals surface area contributed by atoms with E-state index in [0.29, 0.717) is 31.4 Å². The molecule has 0 bridgehead atoms. The average molecular weight is 286 g/mol. The summed E-state index contributed by atoms with van der Waals surface area (Å²) < 4.78 is 7.16. The predicted octanol–water partition coefficient (Wildman–Crippen LogP) is 1.41. The minimum Gasteiger partial charge on any atom is -0.478 e. The Morgan fingerprint density at radius 2 is 2.29 bits per heavy atom. The molecule has 3 rings (SSSR count). The van der Waals surface area contributed by atoms with Gasteiger partial charge in [0.2, 0.25) is 5.88 Å². The van der Waals surface area contributed by atoms with E-state index in [0.717, 1.165) is 17.7 Å². The maximum Gasteiger partial charge on any atom is 0.290 e. The number of ether oxygens (including phenoxy) is 1. The Morgan fingerprint density at radius 3 is 3.00 bits per heavy atom. The molecule has 6 nitrogen and oxygen atoms in total. The van der Waals surface area contributed by atoms with Crippen molar-refractivity contribution in [1.82, 2.24) is 19.4 Å². The van der Waals surface area contributed by atoms with Crippen LogP contribution in [0.1, 0.15) is 28.8 Å². The number of carbonyl (C=O) groups is 1. The summed E-state index contributed by atoms with van der Waals surface area (Å²) in [4.78, 5) is 22.9. The molecule has 3 heterocycles. The molecule has 0 N–H and O–H groups in total. The van der Waals surface area contributed by atoms with E-state index >= 15 is 0 Å². The van der Waals surface area contributed by atoms with Crippen LogP contribution in [0.3, 0.4) is 0 Å². The van der Waals surface area contributed by atoms with E-state index in [-0.39, 0.29) is 5.91 Å². The maximum atomic E-state index is 12.5. The molecule has 21 heavy (non-hydrogen) atoms. The Kier molecular flexibility index (Phi) is 3.60. The number of amides is 1. The quantitative estimate of drug-likeness (QED) is 0.856. The summed E-state index contributed by atoms with van der Waals surface area (Å²) in [6, 6.07) is 3.85. The first-order chi connectivity index (χ1) is 10.2. The second-order valence-corrected chi connectivity index (χ2v) is 5.03. The second-order valence-electron chi connectivity index (χ2n) is 5.03. The minimum atomic E-state index is -0.0398. The van der Waals surface area contributed by atoms with Gasteiger partial charge in [0, 0.05) is 45.0 Å². The Balaban J connectivity index is 1.78. The fraction of sp³-hybridized carbons (Fsp3) is 0.400. The van der Waals surface area contributed by atoms with Gasteiger partial charge in [-0.2, -0.15) is 0 Å². The van der Waals surface area contributed by atoms with Gasteiger partial charge in [0.15, 0.2) is 5.82 Å². The molecule has 0 radical (unpaired) electrons. The van der Waals surface area contributed by atoms with Gasteiger partial charge >= 0.3 is 0 Å². The summed E-state index contributed by atoms with van der Waals surface area (Å²) in [6.07, 6.45) is 4.16. The molecule has 1 aliphatic heterocycles. The van der Waals surface area contributed by atoms with Crippen LogP contribution < -0.4 is 4.74 Å². The van der Waals surface area contributed by atoms with E-state index in [1.54, 1.807) is 17.0 Å². The monoisotopic (exact) mass is 286 g/mol. The number of nitrogens with zero attached hydrogens (tertiary/aromatic N) is 4. The number of hydrogen-bond acceptors (Lipinski definition) is 4. The molecular weight excluding hydrogens is 268 g/mol. The lowest BCUT2D eigenvalue weighted by Crippen LogP contribution is -2.37. The number of hydrogen-bond donors (Lipinski definition) is 0. The van der Waals surface area contributed by atoms with Gasteiger partial charge in [0.1, 0.15) is 0 Å². The molecule has 0 aromatic carbocycles. The number of aromatic nitrogens is 3. The summed E-state index contributed by atoms with van der Waals surface area (Å²) in [5.74, 6) is 1.08. The topological polar surface area (TPSA) is 60.2 Å². The standard InChI is InChI=1S/C15H18N4O2/c1-3-21-13-5-4-11-10-19(8-6-12(11)17-13)15(20)14-16-7-9-18(14)2/h4-5,7,9H,3,6,8,10H2,1-2H3. The molecule has 0 aliphatic carbocycles. The van der Waals surface area contributed by atoms with Crippen LogP contribution >= 0.6 is 0 Å².